The van der Waals surface area contributed by atoms with E-state index >= 15 is 0 Å². The molecule has 2 heterocycles. The molecule has 0 fully saturated rings. The number of rotatable bonds is 2. The van der Waals surface area contributed by atoms with Crippen LogP contribution >= 0.6 is 11.3 Å². The number of hydrogen-bond acceptors (Lipinski definition) is 4. The van der Waals surface area contributed by atoms with Crippen molar-refractivity contribution in [1.29, 1.82) is 5.26 Å². The van der Waals surface area contributed by atoms with Gasteiger partial charge in [0.25, 0.3) is 0 Å². The SMILES string of the molecule is Cc1cccc(C=Nc2sc3c(c2C#N)CC[C@@H](C(C)(C)C)C3)n1. The molecule has 1 atom stereocenters. The molecule has 2 aromatic heterocycles. The Morgan fingerprint density at radius 1 is 1.38 bits per heavy atom. The van der Waals surface area contributed by atoms with Crippen molar-refractivity contribution in [2.75, 3.05) is 0 Å². The van der Waals surface area contributed by atoms with Gasteiger partial charge in [-0.25, -0.2) is 4.99 Å². The Balaban J connectivity index is 1.91. The third-order valence-electron chi connectivity index (χ3n) is 4.81. The molecule has 0 aliphatic heterocycles. The highest BCUT2D eigenvalue weighted by Crippen LogP contribution is 2.44. The fourth-order valence-electron chi connectivity index (χ4n) is 3.28. The van der Waals surface area contributed by atoms with E-state index in [1.165, 1.54) is 10.4 Å². The molecular weight excluding hydrogens is 314 g/mol. The van der Waals surface area contributed by atoms with Crippen molar-refractivity contribution in [1.82, 2.24) is 4.98 Å². The van der Waals surface area contributed by atoms with E-state index in [1.54, 1.807) is 17.6 Å². The molecule has 0 bridgehead atoms. The summed E-state index contributed by atoms with van der Waals surface area (Å²) in [6, 6.07) is 8.26. The summed E-state index contributed by atoms with van der Waals surface area (Å²) in [7, 11) is 0. The van der Waals surface area contributed by atoms with Gasteiger partial charge in [-0.05, 0) is 55.2 Å². The summed E-state index contributed by atoms with van der Waals surface area (Å²) >= 11 is 1.68. The summed E-state index contributed by atoms with van der Waals surface area (Å²) in [6.07, 6.45) is 4.99. The normalized spacial score (nSPS) is 17.7. The number of hydrogen-bond donors (Lipinski definition) is 0. The molecule has 0 aromatic carbocycles. The Bertz CT molecular complexity index is 818. The van der Waals surface area contributed by atoms with Gasteiger partial charge < -0.3 is 0 Å². The van der Waals surface area contributed by atoms with Gasteiger partial charge >= 0.3 is 0 Å². The fourth-order valence-corrected chi connectivity index (χ4v) is 4.50. The molecule has 2 aromatic rings. The summed E-state index contributed by atoms with van der Waals surface area (Å²) in [5.41, 5.74) is 4.11. The minimum atomic E-state index is 0.309. The first-order valence-corrected chi connectivity index (χ1v) is 9.22. The van der Waals surface area contributed by atoms with E-state index in [1.807, 2.05) is 25.1 Å². The zero-order chi connectivity index (χ0) is 17.3. The predicted molar refractivity (Wildman–Crippen MR) is 100 cm³/mol. The molecule has 1 aliphatic rings. The third-order valence-corrected chi connectivity index (χ3v) is 5.97. The Kier molecular flexibility index (Phi) is 4.56. The molecule has 0 amide bonds. The Hall–Kier alpha value is -1.99. The smallest absolute Gasteiger partial charge is 0.134 e. The number of nitrogens with zero attached hydrogens (tertiary/aromatic N) is 3. The van der Waals surface area contributed by atoms with Crippen LogP contribution in [-0.2, 0) is 12.8 Å². The number of fused-ring (bicyclic) bond motifs is 1. The highest BCUT2D eigenvalue weighted by atomic mass is 32.1. The molecule has 4 heteroatoms. The highest BCUT2D eigenvalue weighted by Gasteiger charge is 2.32. The van der Waals surface area contributed by atoms with Crippen LogP contribution in [0.1, 0.15) is 54.6 Å². The summed E-state index contributed by atoms with van der Waals surface area (Å²) in [4.78, 5) is 10.4. The topological polar surface area (TPSA) is 49.0 Å². The number of aromatic nitrogens is 1. The molecule has 0 saturated carbocycles. The van der Waals surface area contributed by atoms with Crippen molar-refractivity contribution < 1.29 is 0 Å². The van der Waals surface area contributed by atoms with Crippen LogP contribution in [0.4, 0.5) is 5.00 Å². The molecule has 0 spiro atoms. The van der Waals surface area contributed by atoms with Crippen molar-refractivity contribution in [3.63, 3.8) is 0 Å². The molecule has 3 nitrogen and oxygen atoms in total. The zero-order valence-electron chi connectivity index (χ0n) is 14.8. The van der Waals surface area contributed by atoms with E-state index in [2.05, 4.69) is 36.8 Å². The Morgan fingerprint density at radius 3 is 2.83 bits per heavy atom. The van der Waals surface area contributed by atoms with Crippen LogP contribution in [0.5, 0.6) is 0 Å². The van der Waals surface area contributed by atoms with E-state index in [0.29, 0.717) is 11.3 Å². The van der Waals surface area contributed by atoms with Crippen LogP contribution in [-0.4, -0.2) is 11.2 Å². The molecule has 0 unspecified atom stereocenters. The van der Waals surface area contributed by atoms with Gasteiger partial charge in [-0.15, -0.1) is 11.3 Å². The fraction of sp³-hybridized carbons (Fsp3) is 0.450. The Morgan fingerprint density at radius 2 is 2.17 bits per heavy atom. The van der Waals surface area contributed by atoms with Gasteiger partial charge in [-0.3, -0.25) is 4.98 Å². The maximum Gasteiger partial charge on any atom is 0.134 e. The third kappa shape index (κ3) is 3.42. The molecule has 24 heavy (non-hydrogen) atoms. The van der Waals surface area contributed by atoms with Crippen LogP contribution in [0.25, 0.3) is 0 Å². The van der Waals surface area contributed by atoms with Gasteiger partial charge in [0.05, 0.1) is 17.5 Å². The second-order valence-electron chi connectivity index (χ2n) is 7.56. The number of pyridine rings is 1. The minimum absolute atomic E-state index is 0.309. The lowest BCUT2D eigenvalue weighted by Gasteiger charge is -2.33. The molecule has 1 aliphatic carbocycles. The highest BCUT2D eigenvalue weighted by molar-refractivity contribution is 7.16. The lowest BCUT2D eigenvalue weighted by Crippen LogP contribution is -2.26. The van der Waals surface area contributed by atoms with Gasteiger partial charge in [-0.1, -0.05) is 26.8 Å². The molecule has 0 saturated heterocycles. The quantitative estimate of drug-likeness (QED) is 0.705. The van der Waals surface area contributed by atoms with E-state index in [0.717, 1.165) is 41.2 Å². The van der Waals surface area contributed by atoms with Gasteiger partial charge in [-0.2, -0.15) is 5.26 Å². The van der Waals surface area contributed by atoms with Crippen molar-refractivity contribution in [3.8, 4) is 6.07 Å². The maximum absolute atomic E-state index is 9.60. The van der Waals surface area contributed by atoms with Crippen molar-refractivity contribution >= 4 is 22.6 Å². The van der Waals surface area contributed by atoms with Crippen LogP contribution in [0.2, 0.25) is 0 Å². The molecule has 0 radical (unpaired) electrons. The summed E-state index contributed by atoms with van der Waals surface area (Å²) in [6.45, 7) is 8.90. The number of nitriles is 1. The Labute approximate surface area is 148 Å². The largest absolute Gasteiger partial charge is 0.252 e. The first-order valence-electron chi connectivity index (χ1n) is 8.41. The average molecular weight is 337 g/mol. The molecule has 0 N–H and O–H groups in total. The van der Waals surface area contributed by atoms with E-state index in [9.17, 15) is 5.26 Å². The van der Waals surface area contributed by atoms with Gasteiger partial charge in [0, 0.05) is 10.6 Å². The standard InChI is InChI=1S/C20H23N3S/c1-13-6-5-7-15(23-13)12-22-19-17(11-21)16-9-8-14(20(2,3)4)10-18(16)24-19/h5-7,12,14H,8-10H2,1-4H3/t14-/m1/s1. The van der Waals surface area contributed by atoms with Crippen molar-refractivity contribution in [2.24, 2.45) is 16.3 Å². The van der Waals surface area contributed by atoms with Crippen LogP contribution in [0.15, 0.2) is 23.2 Å². The molecule has 3 rings (SSSR count). The summed E-state index contributed by atoms with van der Waals surface area (Å²) in [5, 5.41) is 10.4. The van der Waals surface area contributed by atoms with E-state index in [4.69, 9.17) is 0 Å². The first kappa shape index (κ1) is 16.9. The maximum atomic E-state index is 9.60. The number of aliphatic imine (C=N–C) groups is 1. The predicted octanol–water partition coefficient (Wildman–Crippen LogP) is 5.22. The lowest BCUT2D eigenvalue weighted by molar-refractivity contribution is 0.218. The minimum Gasteiger partial charge on any atom is -0.252 e. The van der Waals surface area contributed by atoms with Crippen molar-refractivity contribution in [2.45, 2.75) is 47.0 Å². The first-order chi connectivity index (χ1) is 11.4. The van der Waals surface area contributed by atoms with Gasteiger partial charge in [0.15, 0.2) is 0 Å². The van der Waals surface area contributed by atoms with E-state index < -0.39 is 0 Å². The van der Waals surface area contributed by atoms with E-state index in [-0.39, 0.29) is 0 Å². The summed E-state index contributed by atoms with van der Waals surface area (Å²) < 4.78 is 0. The lowest BCUT2D eigenvalue weighted by atomic mass is 9.72. The second kappa shape index (κ2) is 6.49. The van der Waals surface area contributed by atoms with Crippen LogP contribution in [0, 0.1) is 29.6 Å². The zero-order valence-corrected chi connectivity index (χ0v) is 15.6. The molecular formula is C20H23N3S. The second-order valence-corrected chi connectivity index (χ2v) is 8.65. The molecule has 124 valence electrons. The van der Waals surface area contributed by atoms with Crippen molar-refractivity contribution in [3.05, 3.63) is 45.6 Å². The number of thiophene rings is 1. The average Bonchev–Trinajstić information content (AvgIpc) is 2.88. The van der Waals surface area contributed by atoms with Gasteiger partial charge in [0.1, 0.15) is 11.1 Å². The monoisotopic (exact) mass is 337 g/mol. The number of aryl methyl sites for hydroxylation is 1. The van der Waals surface area contributed by atoms with Crippen LogP contribution < -0.4 is 0 Å². The van der Waals surface area contributed by atoms with Crippen LogP contribution in [0.3, 0.4) is 0 Å². The van der Waals surface area contributed by atoms with Gasteiger partial charge in [0.2, 0.25) is 0 Å². The summed E-state index contributed by atoms with van der Waals surface area (Å²) in [5.74, 6) is 0.672.